The van der Waals surface area contributed by atoms with Gasteiger partial charge in [0.2, 0.25) is 0 Å². The summed E-state index contributed by atoms with van der Waals surface area (Å²) in [5.41, 5.74) is 0. The van der Waals surface area contributed by atoms with Crippen molar-refractivity contribution in [1.82, 2.24) is 4.31 Å². The molecule has 0 aliphatic carbocycles. The quantitative estimate of drug-likeness (QED) is 0.774. The van der Waals surface area contributed by atoms with Gasteiger partial charge in [-0.1, -0.05) is 0 Å². The van der Waals surface area contributed by atoms with Gasteiger partial charge in [0, 0.05) is 13.2 Å². The van der Waals surface area contributed by atoms with E-state index in [1.807, 2.05) is 0 Å². The molecule has 2 aliphatic heterocycles. The molecule has 0 bridgehead atoms. The van der Waals surface area contributed by atoms with Gasteiger partial charge in [0.25, 0.3) is 0 Å². The van der Waals surface area contributed by atoms with Crippen molar-refractivity contribution in [2.45, 2.75) is 51.0 Å². The number of ether oxygens (including phenoxy) is 2. The minimum atomic E-state index is -3.78. The molecule has 106 valence electrons. The molecule has 0 spiro atoms. The summed E-state index contributed by atoms with van der Waals surface area (Å²) in [6.45, 7) is 1.18. The average molecular weight is 279 g/mol. The lowest BCUT2D eigenvalue weighted by atomic mass is 10.1. The Labute approximate surface area is 108 Å². The molecule has 6 nitrogen and oxygen atoms in total. The van der Waals surface area contributed by atoms with Crippen LogP contribution >= 0.6 is 0 Å². The third-order valence-corrected chi connectivity index (χ3v) is 4.76. The first-order valence-corrected chi connectivity index (χ1v) is 7.84. The highest BCUT2D eigenvalue weighted by molar-refractivity contribution is 7.84. The fraction of sp³-hybridized carbons (Fsp3) is 1.00. The van der Waals surface area contributed by atoms with E-state index < -0.39 is 22.8 Å². The molecule has 7 heteroatoms. The minimum Gasteiger partial charge on any atom is -0.362 e. The maximum Gasteiger partial charge on any atom is 0.342 e. The Balaban J connectivity index is 2.15. The number of hydrogen-bond acceptors (Lipinski definition) is 5. The largest absolute Gasteiger partial charge is 0.362 e. The third kappa shape index (κ3) is 3.21. The normalized spacial score (nSPS) is 30.6. The molecule has 0 N–H and O–H groups in total. The molecule has 0 amide bonds. The van der Waals surface area contributed by atoms with Crippen molar-refractivity contribution in [3.8, 4) is 0 Å². The molecule has 0 aromatic heterocycles. The van der Waals surface area contributed by atoms with Crippen molar-refractivity contribution in [3.63, 3.8) is 0 Å². The summed E-state index contributed by atoms with van der Waals surface area (Å²) < 4.78 is 41.1. The SMILES string of the molecule is COS(=O)(=O)N(C1CCCCO1)C1CCCCO1. The van der Waals surface area contributed by atoms with Crippen LogP contribution in [0.3, 0.4) is 0 Å². The van der Waals surface area contributed by atoms with Gasteiger partial charge < -0.3 is 9.47 Å². The first-order chi connectivity index (χ1) is 8.65. The predicted molar refractivity (Wildman–Crippen MR) is 64.9 cm³/mol. The summed E-state index contributed by atoms with van der Waals surface area (Å²) in [5.74, 6) is 0. The van der Waals surface area contributed by atoms with Gasteiger partial charge in [0.1, 0.15) is 12.5 Å². The molecule has 18 heavy (non-hydrogen) atoms. The van der Waals surface area contributed by atoms with Crippen LogP contribution in [0.5, 0.6) is 0 Å². The van der Waals surface area contributed by atoms with E-state index in [-0.39, 0.29) is 0 Å². The van der Waals surface area contributed by atoms with Crippen molar-refractivity contribution in [2.75, 3.05) is 20.3 Å². The maximum absolute atomic E-state index is 12.0. The fourth-order valence-corrected chi connectivity index (χ4v) is 3.49. The summed E-state index contributed by atoms with van der Waals surface area (Å²) in [7, 11) is -2.60. The van der Waals surface area contributed by atoms with Crippen LogP contribution in [0.1, 0.15) is 38.5 Å². The monoisotopic (exact) mass is 279 g/mol. The molecule has 2 unspecified atom stereocenters. The molecule has 2 heterocycles. The van der Waals surface area contributed by atoms with Crippen LogP contribution in [0.25, 0.3) is 0 Å². The van der Waals surface area contributed by atoms with Crippen molar-refractivity contribution in [1.29, 1.82) is 0 Å². The number of rotatable bonds is 4. The Kier molecular flexibility index (Phi) is 4.97. The predicted octanol–water partition coefficient (Wildman–Crippen LogP) is 1.23. The van der Waals surface area contributed by atoms with Crippen molar-refractivity contribution >= 4 is 10.3 Å². The lowest BCUT2D eigenvalue weighted by molar-refractivity contribution is -0.140. The molecule has 2 atom stereocenters. The van der Waals surface area contributed by atoms with E-state index >= 15 is 0 Å². The van der Waals surface area contributed by atoms with E-state index in [9.17, 15) is 8.42 Å². The zero-order chi connectivity index (χ0) is 13.0. The second-order valence-electron chi connectivity index (χ2n) is 4.60. The van der Waals surface area contributed by atoms with E-state index in [1.54, 1.807) is 0 Å². The highest BCUT2D eigenvalue weighted by Gasteiger charge is 2.39. The second kappa shape index (κ2) is 6.29. The van der Waals surface area contributed by atoms with Crippen LogP contribution < -0.4 is 0 Å². The highest BCUT2D eigenvalue weighted by atomic mass is 32.2. The van der Waals surface area contributed by atoms with E-state index in [1.165, 1.54) is 11.4 Å². The molecule has 0 radical (unpaired) electrons. The summed E-state index contributed by atoms with van der Waals surface area (Å²) in [6.07, 6.45) is 4.37. The molecule has 0 aromatic rings. The Morgan fingerprint density at radius 2 is 1.50 bits per heavy atom. The Hall–Kier alpha value is -0.210. The Bertz CT molecular complexity index is 328. The topological polar surface area (TPSA) is 65.1 Å². The van der Waals surface area contributed by atoms with Crippen LogP contribution in [0.15, 0.2) is 0 Å². The smallest absolute Gasteiger partial charge is 0.342 e. The van der Waals surface area contributed by atoms with Crippen LogP contribution in [0.4, 0.5) is 0 Å². The molecule has 2 saturated heterocycles. The first-order valence-electron chi connectivity index (χ1n) is 6.47. The molecule has 2 aliphatic rings. The van der Waals surface area contributed by atoms with Crippen molar-refractivity contribution in [3.05, 3.63) is 0 Å². The van der Waals surface area contributed by atoms with Gasteiger partial charge in [-0.05, 0) is 38.5 Å². The van der Waals surface area contributed by atoms with Gasteiger partial charge >= 0.3 is 10.3 Å². The third-order valence-electron chi connectivity index (χ3n) is 3.35. The van der Waals surface area contributed by atoms with Crippen molar-refractivity contribution < 1.29 is 22.1 Å². The van der Waals surface area contributed by atoms with E-state index in [0.29, 0.717) is 26.1 Å². The second-order valence-corrected chi connectivity index (χ2v) is 6.21. The molecular weight excluding hydrogens is 258 g/mol. The standard InChI is InChI=1S/C11H21NO5S/c1-15-18(13,14)12(10-6-2-4-8-16-10)11-7-3-5-9-17-11/h10-11H,2-9H2,1H3. The van der Waals surface area contributed by atoms with Gasteiger partial charge in [0.15, 0.2) is 0 Å². The maximum atomic E-state index is 12.0. The van der Waals surface area contributed by atoms with E-state index in [0.717, 1.165) is 25.7 Å². The summed E-state index contributed by atoms with van der Waals surface area (Å²) in [6, 6.07) is 0. The molecule has 0 aromatic carbocycles. The molecule has 2 rings (SSSR count). The van der Waals surface area contributed by atoms with Gasteiger partial charge in [-0.15, -0.1) is 4.31 Å². The molecular formula is C11H21NO5S. The van der Waals surface area contributed by atoms with Crippen LogP contribution in [-0.4, -0.2) is 45.5 Å². The van der Waals surface area contributed by atoms with Gasteiger partial charge in [-0.25, -0.2) is 0 Å². The Morgan fingerprint density at radius 3 is 1.83 bits per heavy atom. The Morgan fingerprint density at radius 1 is 1.00 bits per heavy atom. The lowest BCUT2D eigenvalue weighted by Crippen LogP contribution is -2.51. The molecule has 2 fully saturated rings. The first kappa shape index (κ1) is 14.2. The van der Waals surface area contributed by atoms with Crippen LogP contribution in [-0.2, 0) is 24.0 Å². The van der Waals surface area contributed by atoms with Gasteiger partial charge in [-0.2, -0.15) is 8.42 Å². The number of hydrogen-bond donors (Lipinski definition) is 0. The van der Waals surface area contributed by atoms with E-state index in [2.05, 4.69) is 4.18 Å². The van der Waals surface area contributed by atoms with Crippen LogP contribution in [0, 0.1) is 0 Å². The van der Waals surface area contributed by atoms with Crippen molar-refractivity contribution in [2.24, 2.45) is 0 Å². The van der Waals surface area contributed by atoms with Gasteiger partial charge in [-0.3, -0.25) is 4.18 Å². The summed E-state index contributed by atoms with van der Waals surface area (Å²) in [5, 5.41) is 0. The molecule has 0 saturated carbocycles. The highest BCUT2D eigenvalue weighted by Crippen LogP contribution is 2.27. The lowest BCUT2D eigenvalue weighted by Gasteiger charge is -2.38. The zero-order valence-corrected chi connectivity index (χ0v) is 11.5. The zero-order valence-electron chi connectivity index (χ0n) is 10.7. The number of nitrogens with zero attached hydrogens (tertiary/aromatic N) is 1. The fourth-order valence-electron chi connectivity index (χ4n) is 2.41. The summed E-state index contributed by atoms with van der Waals surface area (Å²) >= 11 is 0. The van der Waals surface area contributed by atoms with E-state index in [4.69, 9.17) is 9.47 Å². The minimum absolute atomic E-state index is 0.452. The average Bonchev–Trinajstić information content (AvgIpc) is 2.41. The van der Waals surface area contributed by atoms with Crippen LogP contribution in [0.2, 0.25) is 0 Å². The summed E-state index contributed by atoms with van der Waals surface area (Å²) in [4.78, 5) is 0. The van der Waals surface area contributed by atoms with Gasteiger partial charge in [0.05, 0.1) is 7.11 Å².